The van der Waals surface area contributed by atoms with Crippen LogP contribution in [0.3, 0.4) is 0 Å². The highest BCUT2D eigenvalue weighted by Crippen LogP contribution is 2.46. The normalized spacial score (nSPS) is 23.8. The summed E-state index contributed by atoms with van der Waals surface area (Å²) in [5.41, 5.74) is -1.51. The number of halogens is 1. The second-order valence-corrected chi connectivity index (χ2v) is 9.66. The molecule has 0 spiro atoms. The van der Waals surface area contributed by atoms with Gasteiger partial charge in [-0.1, -0.05) is 12.8 Å². The number of aliphatic hydroxyl groups excluding tert-OH is 1. The number of methoxy groups -OCH3 is 1. The van der Waals surface area contributed by atoms with Crippen LogP contribution in [0.1, 0.15) is 56.6 Å². The Balaban J connectivity index is 1.62. The summed E-state index contributed by atoms with van der Waals surface area (Å²) in [4.78, 5) is 29.4. The van der Waals surface area contributed by atoms with Gasteiger partial charge in [0.15, 0.2) is 11.6 Å². The van der Waals surface area contributed by atoms with Crippen molar-refractivity contribution in [3.8, 4) is 5.75 Å². The summed E-state index contributed by atoms with van der Waals surface area (Å²) < 4.78 is 22.9. The van der Waals surface area contributed by atoms with Gasteiger partial charge in [-0.05, 0) is 39.0 Å². The van der Waals surface area contributed by atoms with Crippen molar-refractivity contribution < 1.29 is 19.3 Å². The largest absolute Gasteiger partial charge is 0.492 e. The zero-order chi connectivity index (χ0) is 22.8. The van der Waals surface area contributed by atoms with Crippen LogP contribution < -0.4 is 20.9 Å². The number of fused-ring (bicyclic) bond motifs is 1. The van der Waals surface area contributed by atoms with Gasteiger partial charge in [0.1, 0.15) is 11.2 Å². The fraction of sp³-hybridized carbons (Fsp3) is 0.652. The molecule has 1 aromatic carbocycles. The molecule has 2 aromatic rings. The van der Waals surface area contributed by atoms with Crippen LogP contribution in [0.5, 0.6) is 5.75 Å². The Bertz CT molecular complexity index is 1180. The summed E-state index contributed by atoms with van der Waals surface area (Å²) >= 11 is 0. The number of ether oxygens (including phenoxy) is 1. The summed E-state index contributed by atoms with van der Waals surface area (Å²) in [7, 11) is 1.42. The second kappa shape index (κ2) is 7.59. The van der Waals surface area contributed by atoms with E-state index in [9.17, 15) is 19.8 Å². The van der Waals surface area contributed by atoms with Crippen LogP contribution in [0.2, 0.25) is 0 Å². The first kappa shape index (κ1) is 21.5. The highest BCUT2D eigenvalue weighted by atomic mass is 19.1. The van der Waals surface area contributed by atoms with E-state index in [0.29, 0.717) is 37.9 Å². The lowest BCUT2D eigenvalue weighted by Gasteiger charge is -2.33. The van der Waals surface area contributed by atoms with Crippen LogP contribution in [-0.4, -0.2) is 51.7 Å². The van der Waals surface area contributed by atoms with Crippen LogP contribution >= 0.6 is 0 Å². The number of H-pyrrole nitrogens is 1. The number of nitrogens with zero attached hydrogens (tertiary/aromatic N) is 2. The number of benzene rings is 1. The van der Waals surface area contributed by atoms with Crippen LogP contribution in [0.15, 0.2) is 9.59 Å². The monoisotopic (exact) mass is 447 g/mol. The lowest BCUT2D eigenvalue weighted by molar-refractivity contribution is -0.0922. The number of hydrogen-bond donors (Lipinski definition) is 3. The van der Waals surface area contributed by atoms with Crippen molar-refractivity contribution in [2.75, 3.05) is 25.1 Å². The van der Waals surface area contributed by atoms with Crippen LogP contribution in [0, 0.1) is 18.7 Å². The summed E-state index contributed by atoms with van der Waals surface area (Å²) in [5.74, 6) is -0.591. The van der Waals surface area contributed by atoms with E-state index in [2.05, 4.69) is 4.98 Å². The minimum Gasteiger partial charge on any atom is -0.492 e. The minimum absolute atomic E-state index is 0.0433. The lowest BCUT2D eigenvalue weighted by Crippen LogP contribution is -2.45. The molecule has 1 aliphatic heterocycles. The number of hydrogen-bond acceptors (Lipinski definition) is 6. The van der Waals surface area contributed by atoms with E-state index < -0.39 is 28.8 Å². The average molecular weight is 448 g/mol. The van der Waals surface area contributed by atoms with Crippen molar-refractivity contribution >= 4 is 16.6 Å². The number of aromatic amines is 1. The van der Waals surface area contributed by atoms with Gasteiger partial charge in [0, 0.05) is 30.6 Å². The number of anilines is 1. The molecule has 8 nitrogen and oxygen atoms in total. The molecule has 9 heteroatoms. The number of aryl methyl sites for hydroxylation is 1. The molecule has 3 aliphatic rings. The molecule has 0 radical (unpaired) electrons. The second-order valence-electron chi connectivity index (χ2n) is 9.66. The Kier molecular flexibility index (Phi) is 5.09. The Morgan fingerprint density at radius 2 is 1.91 bits per heavy atom. The SMILES string of the molecule is COc1c(N2CCC(C(O)C3(O)CCCC3)C2)c(F)c(C)c2c(=O)[nH]c(=O)n(C3CC3)c12. The molecule has 1 saturated heterocycles. The molecule has 32 heavy (non-hydrogen) atoms. The summed E-state index contributed by atoms with van der Waals surface area (Å²) in [6.45, 7) is 2.38. The third kappa shape index (κ3) is 3.16. The highest BCUT2D eigenvalue weighted by Gasteiger charge is 2.45. The van der Waals surface area contributed by atoms with Gasteiger partial charge in [-0.25, -0.2) is 9.18 Å². The average Bonchev–Trinajstić information content (AvgIpc) is 3.29. The van der Waals surface area contributed by atoms with Gasteiger partial charge in [0.25, 0.3) is 5.56 Å². The Labute approximate surface area is 184 Å². The summed E-state index contributed by atoms with van der Waals surface area (Å²) in [6, 6.07) is -0.0433. The first-order valence-corrected chi connectivity index (χ1v) is 11.5. The fourth-order valence-corrected chi connectivity index (χ4v) is 5.75. The van der Waals surface area contributed by atoms with Gasteiger partial charge in [-0.15, -0.1) is 0 Å². The van der Waals surface area contributed by atoms with Gasteiger partial charge < -0.3 is 19.8 Å². The molecule has 2 aliphatic carbocycles. The van der Waals surface area contributed by atoms with Gasteiger partial charge in [0.2, 0.25) is 0 Å². The number of nitrogens with one attached hydrogen (secondary N) is 1. The molecule has 0 amide bonds. The zero-order valence-electron chi connectivity index (χ0n) is 18.5. The predicted molar refractivity (Wildman–Crippen MR) is 118 cm³/mol. The molecule has 0 bridgehead atoms. The van der Waals surface area contributed by atoms with Gasteiger partial charge in [-0.3, -0.25) is 14.3 Å². The Morgan fingerprint density at radius 3 is 2.53 bits per heavy atom. The molecule has 5 rings (SSSR count). The summed E-state index contributed by atoms with van der Waals surface area (Å²) in [6.07, 6.45) is 4.29. The molecule has 2 unspecified atom stereocenters. The topological polar surface area (TPSA) is 108 Å². The quantitative estimate of drug-likeness (QED) is 0.647. The van der Waals surface area contributed by atoms with Crippen molar-refractivity contribution in [1.29, 1.82) is 0 Å². The van der Waals surface area contributed by atoms with E-state index in [1.54, 1.807) is 6.92 Å². The molecule has 3 N–H and O–H groups in total. The Hall–Kier alpha value is -2.39. The van der Waals surface area contributed by atoms with E-state index >= 15 is 4.39 Å². The molecule has 3 fully saturated rings. The van der Waals surface area contributed by atoms with Gasteiger partial charge in [0.05, 0.1) is 24.2 Å². The van der Waals surface area contributed by atoms with Crippen LogP contribution in [0.25, 0.3) is 10.9 Å². The molecule has 2 heterocycles. The van der Waals surface area contributed by atoms with Gasteiger partial charge >= 0.3 is 5.69 Å². The first-order chi connectivity index (χ1) is 15.3. The molecule has 2 saturated carbocycles. The van der Waals surface area contributed by atoms with Crippen LogP contribution in [-0.2, 0) is 0 Å². The molecule has 174 valence electrons. The number of aliphatic hydroxyl groups is 2. The van der Waals surface area contributed by atoms with Crippen molar-refractivity contribution in [2.45, 2.75) is 69.6 Å². The smallest absolute Gasteiger partial charge is 0.329 e. The van der Waals surface area contributed by atoms with E-state index in [-0.39, 0.29) is 34.3 Å². The predicted octanol–water partition coefficient (Wildman–Crippen LogP) is 1.97. The maximum atomic E-state index is 15.7. The first-order valence-electron chi connectivity index (χ1n) is 11.5. The third-order valence-corrected chi connectivity index (χ3v) is 7.61. The maximum absolute atomic E-state index is 15.7. The minimum atomic E-state index is -1.08. The molecule has 2 atom stereocenters. The van der Waals surface area contributed by atoms with Gasteiger partial charge in [-0.2, -0.15) is 0 Å². The third-order valence-electron chi connectivity index (χ3n) is 7.61. The van der Waals surface area contributed by atoms with E-state index in [1.807, 2.05) is 4.90 Å². The van der Waals surface area contributed by atoms with Crippen molar-refractivity contribution in [3.05, 3.63) is 32.2 Å². The van der Waals surface area contributed by atoms with E-state index in [4.69, 9.17) is 4.74 Å². The Morgan fingerprint density at radius 1 is 1.22 bits per heavy atom. The fourth-order valence-electron chi connectivity index (χ4n) is 5.75. The van der Waals surface area contributed by atoms with Crippen LogP contribution in [0.4, 0.5) is 10.1 Å². The molecular weight excluding hydrogens is 417 g/mol. The lowest BCUT2D eigenvalue weighted by atomic mass is 9.85. The molecular formula is C23H30FN3O5. The van der Waals surface area contributed by atoms with Crippen molar-refractivity contribution in [1.82, 2.24) is 9.55 Å². The van der Waals surface area contributed by atoms with E-state index in [0.717, 1.165) is 25.7 Å². The summed E-state index contributed by atoms with van der Waals surface area (Å²) in [5, 5.41) is 21.9. The van der Waals surface area contributed by atoms with Crippen molar-refractivity contribution in [2.24, 2.45) is 5.92 Å². The molecule has 1 aromatic heterocycles. The highest BCUT2D eigenvalue weighted by molar-refractivity contribution is 5.93. The maximum Gasteiger partial charge on any atom is 0.329 e. The number of rotatable bonds is 5. The standard InChI is InChI=1S/C23H30FN3O5/c1-12-15-17(27(14-5-6-14)22(30)25-21(15)29)19(32-2)18(16(12)24)26-10-7-13(11-26)20(28)23(31)8-3-4-9-23/h13-14,20,28,31H,3-11H2,1-2H3,(H,25,29,30). The number of aromatic nitrogens is 2. The van der Waals surface area contributed by atoms with Crippen molar-refractivity contribution in [3.63, 3.8) is 0 Å². The zero-order valence-corrected chi connectivity index (χ0v) is 18.5. The van der Waals surface area contributed by atoms with E-state index in [1.165, 1.54) is 11.7 Å².